The number of nitrogens with zero attached hydrogens (tertiary/aromatic N) is 4. The second-order valence-electron chi connectivity index (χ2n) is 4.67. The molecule has 0 bridgehead atoms. The fraction of sp³-hybridized carbons (Fsp3) is 0.286. The molecule has 0 saturated heterocycles. The number of thiocarbonyl (C=S) groups is 1. The largest absolute Gasteiger partial charge is 0.330 e. The standard InChI is InChI=1S/C14H18N6OS/c1-4-20-9-11(7-16-20)5-6-13(21)18-14(22)17-12-8-15-19(3)10(12)2/h5-9H,4H2,1-3H3,(H2,17,18,21,22). The van der Waals surface area contributed by atoms with Gasteiger partial charge in [0.05, 0.1) is 23.8 Å². The van der Waals surface area contributed by atoms with Crippen molar-refractivity contribution >= 4 is 35.0 Å². The zero-order valence-corrected chi connectivity index (χ0v) is 13.5. The minimum atomic E-state index is -0.303. The Morgan fingerprint density at radius 1 is 1.41 bits per heavy atom. The molecular weight excluding hydrogens is 300 g/mol. The molecule has 0 radical (unpaired) electrons. The van der Waals surface area contributed by atoms with Gasteiger partial charge in [0.25, 0.3) is 0 Å². The van der Waals surface area contributed by atoms with Crippen molar-refractivity contribution in [3.63, 3.8) is 0 Å². The number of amides is 1. The molecule has 0 aliphatic heterocycles. The van der Waals surface area contributed by atoms with Gasteiger partial charge in [0, 0.05) is 31.4 Å². The second kappa shape index (κ2) is 6.99. The van der Waals surface area contributed by atoms with Gasteiger partial charge < -0.3 is 5.32 Å². The number of hydrogen-bond donors (Lipinski definition) is 2. The van der Waals surface area contributed by atoms with Crippen molar-refractivity contribution < 1.29 is 4.79 Å². The Bertz CT molecular complexity index is 715. The van der Waals surface area contributed by atoms with Crippen LogP contribution in [-0.2, 0) is 18.4 Å². The Balaban J connectivity index is 1.88. The van der Waals surface area contributed by atoms with E-state index < -0.39 is 0 Å². The number of aromatic nitrogens is 4. The van der Waals surface area contributed by atoms with E-state index in [0.717, 1.165) is 23.5 Å². The molecular formula is C14H18N6OS. The molecule has 0 aliphatic carbocycles. The predicted octanol–water partition coefficient (Wildman–Crippen LogP) is 1.47. The lowest BCUT2D eigenvalue weighted by Gasteiger charge is -2.07. The van der Waals surface area contributed by atoms with Crippen LogP contribution in [-0.4, -0.2) is 30.6 Å². The molecule has 22 heavy (non-hydrogen) atoms. The van der Waals surface area contributed by atoms with E-state index in [0.29, 0.717) is 0 Å². The highest BCUT2D eigenvalue weighted by Gasteiger charge is 2.06. The monoisotopic (exact) mass is 318 g/mol. The molecule has 2 rings (SSSR count). The fourth-order valence-electron chi connectivity index (χ4n) is 1.74. The van der Waals surface area contributed by atoms with Gasteiger partial charge in [-0.15, -0.1) is 0 Å². The van der Waals surface area contributed by atoms with Crippen molar-refractivity contribution in [1.82, 2.24) is 24.9 Å². The zero-order chi connectivity index (χ0) is 16.1. The molecule has 2 heterocycles. The van der Waals surface area contributed by atoms with Gasteiger partial charge in [-0.1, -0.05) is 0 Å². The molecule has 0 aromatic carbocycles. The number of rotatable bonds is 4. The molecule has 0 fully saturated rings. The lowest BCUT2D eigenvalue weighted by molar-refractivity contribution is -0.115. The molecule has 2 aromatic heterocycles. The molecule has 2 N–H and O–H groups in total. The summed E-state index contributed by atoms with van der Waals surface area (Å²) in [5, 5.41) is 14.0. The number of nitrogens with one attached hydrogen (secondary N) is 2. The summed E-state index contributed by atoms with van der Waals surface area (Å²) in [6, 6.07) is 0. The maximum Gasteiger partial charge on any atom is 0.250 e. The minimum Gasteiger partial charge on any atom is -0.330 e. The van der Waals surface area contributed by atoms with Gasteiger partial charge in [-0.25, -0.2) is 0 Å². The SMILES string of the molecule is CCn1cc(C=CC(=O)NC(=S)Nc2cnn(C)c2C)cn1. The lowest BCUT2D eigenvalue weighted by atomic mass is 10.3. The summed E-state index contributed by atoms with van der Waals surface area (Å²) >= 11 is 5.10. The van der Waals surface area contributed by atoms with E-state index >= 15 is 0 Å². The van der Waals surface area contributed by atoms with E-state index in [4.69, 9.17) is 12.2 Å². The average molecular weight is 318 g/mol. The van der Waals surface area contributed by atoms with Gasteiger partial charge >= 0.3 is 0 Å². The van der Waals surface area contributed by atoms with Gasteiger partial charge in [0.2, 0.25) is 5.91 Å². The van der Waals surface area contributed by atoms with Crippen LogP contribution in [0.5, 0.6) is 0 Å². The summed E-state index contributed by atoms with van der Waals surface area (Å²) < 4.78 is 3.51. The molecule has 0 saturated carbocycles. The van der Waals surface area contributed by atoms with Crippen LogP contribution >= 0.6 is 12.2 Å². The average Bonchev–Trinajstić information content (AvgIpc) is 3.07. The van der Waals surface area contributed by atoms with Gasteiger partial charge in [-0.05, 0) is 32.1 Å². The Morgan fingerprint density at radius 2 is 2.18 bits per heavy atom. The highest BCUT2D eigenvalue weighted by atomic mass is 32.1. The maximum absolute atomic E-state index is 11.8. The molecule has 7 nitrogen and oxygen atoms in total. The van der Waals surface area contributed by atoms with Crippen LogP contribution in [0.2, 0.25) is 0 Å². The number of hydrogen-bond acceptors (Lipinski definition) is 4. The quantitative estimate of drug-likeness (QED) is 0.659. The Hall–Kier alpha value is -2.48. The van der Waals surface area contributed by atoms with E-state index in [1.807, 2.05) is 27.1 Å². The number of carbonyl (C=O) groups is 1. The zero-order valence-electron chi connectivity index (χ0n) is 12.7. The highest BCUT2D eigenvalue weighted by Crippen LogP contribution is 2.11. The van der Waals surface area contributed by atoms with Crippen molar-refractivity contribution in [2.24, 2.45) is 7.05 Å². The van der Waals surface area contributed by atoms with Crippen molar-refractivity contribution in [1.29, 1.82) is 0 Å². The first-order chi connectivity index (χ1) is 10.5. The molecule has 2 aromatic rings. The van der Waals surface area contributed by atoms with E-state index in [9.17, 15) is 4.79 Å². The summed E-state index contributed by atoms with van der Waals surface area (Å²) in [4.78, 5) is 11.8. The molecule has 0 spiro atoms. The smallest absolute Gasteiger partial charge is 0.250 e. The summed E-state index contributed by atoms with van der Waals surface area (Å²) in [6.07, 6.45) is 8.32. The number of anilines is 1. The highest BCUT2D eigenvalue weighted by molar-refractivity contribution is 7.80. The van der Waals surface area contributed by atoms with Crippen LogP contribution in [0.3, 0.4) is 0 Å². The van der Waals surface area contributed by atoms with Crippen LogP contribution in [0.15, 0.2) is 24.7 Å². The lowest BCUT2D eigenvalue weighted by Crippen LogP contribution is -2.32. The predicted molar refractivity (Wildman–Crippen MR) is 89.2 cm³/mol. The first-order valence-corrected chi connectivity index (χ1v) is 7.21. The molecule has 8 heteroatoms. The van der Waals surface area contributed by atoms with E-state index in [1.54, 1.807) is 27.8 Å². The Morgan fingerprint density at radius 3 is 2.77 bits per heavy atom. The maximum atomic E-state index is 11.8. The van der Waals surface area contributed by atoms with E-state index in [2.05, 4.69) is 20.8 Å². The first kappa shape index (κ1) is 15.9. The minimum absolute atomic E-state index is 0.231. The van der Waals surface area contributed by atoms with Gasteiger partial charge in [-0.3, -0.25) is 19.5 Å². The normalized spacial score (nSPS) is 10.9. The van der Waals surface area contributed by atoms with Gasteiger partial charge in [0.15, 0.2) is 5.11 Å². The van der Waals surface area contributed by atoms with Crippen LogP contribution < -0.4 is 10.6 Å². The first-order valence-electron chi connectivity index (χ1n) is 6.80. The summed E-state index contributed by atoms with van der Waals surface area (Å²) in [5.74, 6) is -0.303. The molecule has 116 valence electrons. The summed E-state index contributed by atoms with van der Waals surface area (Å²) in [6.45, 7) is 4.70. The fourth-order valence-corrected chi connectivity index (χ4v) is 1.95. The van der Waals surface area contributed by atoms with Gasteiger partial charge in [-0.2, -0.15) is 10.2 Å². The van der Waals surface area contributed by atoms with Crippen molar-refractivity contribution in [3.8, 4) is 0 Å². The third-order valence-electron chi connectivity index (χ3n) is 3.12. The van der Waals surface area contributed by atoms with Crippen molar-refractivity contribution in [2.45, 2.75) is 20.4 Å². The summed E-state index contributed by atoms with van der Waals surface area (Å²) in [7, 11) is 1.83. The van der Waals surface area contributed by atoms with Gasteiger partial charge in [0.1, 0.15) is 0 Å². The third-order valence-corrected chi connectivity index (χ3v) is 3.33. The molecule has 0 atom stereocenters. The summed E-state index contributed by atoms with van der Waals surface area (Å²) in [5.41, 5.74) is 2.55. The molecule has 1 amide bonds. The van der Waals surface area contributed by atoms with Crippen LogP contribution in [0.25, 0.3) is 6.08 Å². The molecule has 0 aliphatic rings. The number of carbonyl (C=O) groups excluding carboxylic acids is 1. The van der Waals surface area contributed by atoms with Crippen molar-refractivity contribution in [2.75, 3.05) is 5.32 Å². The van der Waals surface area contributed by atoms with Crippen LogP contribution in [0.4, 0.5) is 5.69 Å². The van der Waals surface area contributed by atoms with Crippen LogP contribution in [0, 0.1) is 6.92 Å². The van der Waals surface area contributed by atoms with E-state index in [1.165, 1.54) is 6.08 Å². The Kier molecular flexibility index (Phi) is 5.05. The second-order valence-corrected chi connectivity index (χ2v) is 5.08. The number of aryl methyl sites for hydroxylation is 2. The third kappa shape index (κ3) is 4.01. The Labute approximate surface area is 134 Å². The van der Waals surface area contributed by atoms with E-state index in [-0.39, 0.29) is 11.0 Å². The molecule has 0 unspecified atom stereocenters. The van der Waals surface area contributed by atoms with Crippen molar-refractivity contribution in [3.05, 3.63) is 35.9 Å². The topological polar surface area (TPSA) is 76.8 Å². The van der Waals surface area contributed by atoms with Crippen LogP contribution in [0.1, 0.15) is 18.2 Å².